The van der Waals surface area contributed by atoms with E-state index in [2.05, 4.69) is 10.6 Å². The van der Waals surface area contributed by atoms with Crippen LogP contribution >= 0.6 is 0 Å². The lowest BCUT2D eigenvalue weighted by molar-refractivity contribution is -0.122. The minimum atomic E-state index is -3.89. The van der Waals surface area contributed by atoms with E-state index >= 15 is 0 Å². The Morgan fingerprint density at radius 1 is 1.03 bits per heavy atom. The largest absolute Gasteiger partial charge is 0.467 e. The summed E-state index contributed by atoms with van der Waals surface area (Å²) >= 11 is 0. The van der Waals surface area contributed by atoms with Crippen LogP contribution in [0.25, 0.3) is 0 Å². The lowest BCUT2D eigenvalue weighted by Crippen LogP contribution is -2.42. The topological polar surface area (TPSA) is 109 Å². The zero-order chi connectivity index (χ0) is 24.1. The van der Waals surface area contributed by atoms with Crippen LogP contribution in [-0.2, 0) is 32.6 Å². The summed E-state index contributed by atoms with van der Waals surface area (Å²) in [5.74, 6) is 0.205. The van der Waals surface area contributed by atoms with Crippen LogP contribution < -0.4 is 10.6 Å². The van der Waals surface area contributed by atoms with Gasteiger partial charge in [0.25, 0.3) is 0 Å². The minimum absolute atomic E-state index is 0.0123. The Kier molecular flexibility index (Phi) is 7.14. The van der Waals surface area contributed by atoms with Gasteiger partial charge in [0, 0.05) is 25.1 Å². The average molecular weight is 482 g/mol. The fraction of sp³-hybridized carbons (Fsp3) is 0.280. The van der Waals surface area contributed by atoms with Crippen molar-refractivity contribution in [3.63, 3.8) is 0 Å². The van der Waals surface area contributed by atoms with E-state index in [0.717, 1.165) is 11.1 Å². The number of anilines is 1. The van der Waals surface area contributed by atoms with Crippen molar-refractivity contribution in [1.29, 1.82) is 0 Å². The summed E-state index contributed by atoms with van der Waals surface area (Å²) < 4.78 is 33.9. The van der Waals surface area contributed by atoms with Crippen LogP contribution in [0.2, 0.25) is 0 Å². The van der Waals surface area contributed by atoms with E-state index in [1.807, 2.05) is 24.3 Å². The molecule has 0 radical (unpaired) electrons. The number of benzene rings is 2. The number of nitrogens with one attached hydrogen (secondary N) is 2. The number of fused-ring (bicyclic) bond motifs is 1. The van der Waals surface area contributed by atoms with Gasteiger partial charge in [0.1, 0.15) is 5.76 Å². The molecular formula is C25H27N3O5S. The van der Waals surface area contributed by atoms with Gasteiger partial charge in [-0.1, -0.05) is 31.2 Å². The third kappa shape index (κ3) is 5.21. The highest BCUT2D eigenvalue weighted by atomic mass is 32.2. The molecule has 0 spiro atoms. The van der Waals surface area contributed by atoms with Crippen LogP contribution in [0, 0.1) is 0 Å². The van der Waals surface area contributed by atoms with Crippen LogP contribution in [-0.4, -0.2) is 31.1 Å². The number of carbonyl (C=O) groups excluding carboxylic acids is 2. The lowest BCUT2D eigenvalue weighted by atomic mass is 9.92. The maximum absolute atomic E-state index is 13.6. The summed E-state index contributed by atoms with van der Waals surface area (Å²) in [4.78, 5) is 24.5. The zero-order valence-electron chi connectivity index (χ0n) is 18.9. The molecule has 1 atom stereocenters. The first kappa shape index (κ1) is 23.7. The van der Waals surface area contributed by atoms with Crippen LogP contribution in [0.4, 0.5) is 5.69 Å². The summed E-state index contributed by atoms with van der Waals surface area (Å²) in [7, 11) is -3.89. The number of carbonyl (C=O) groups is 2. The third-order valence-corrected chi connectivity index (χ3v) is 7.77. The van der Waals surface area contributed by atoms with Gasteiger partial charge in [0.05, 0.1) is 23.7 Å². The van der Waals surface area contributed by atoms with Gasteiger partial charge in [-0.25, -0.2) is 8.42 Å². The van der Waals surface area contributed by atoms with Crippen molar-refractivity contribution in [1.82, 2.24) is 9.62 Å². The molecule has 2 amide bonds. The first-order valence-electron chi connectivity index (χ1n) is 11.2. The maximum Gasteiger partial charge on any atom is 0.243 e. The Hall–Kier alpha value is -3.43. The van der Waals surface area contributed by atoms with E-state index in [1.165, 1.54) is 22.7 Å². The van der Waals surface area contributed by atoms with Gasteiger partial charge in [-0.05, 0) is 53.9 Å². The van der Waals surface area contributed by atoms with Gasteiger partial charge >= 0.3 is 0 Å². The molecule has 3 aromatic rings. The second-order valence-electron chi connectivity index (χ2n) is 8.07. The first-order chi connectivity index (χ1) is 16.4. The molecule has 0 saturated heterocycles. The van der Waals surface area contributed by atoms with Crippen molar-refractivity contribution in [3.05, 3.63) is 83.8 Å². The Bertz CT molecular complexity index is 1250. The molecule has 34 heavy (non-hydrogen) atoms. The second kappa shape index (κ2) is 10.2. The summed E-state index contributed by atoms with van der Waals surface area (Å²) in [6, 6.07) is 16.6. The Morgan fingerprint density at radius 2 is 1.79 bits per heavy atom. The number of nitrogens with zero attached hydrogens (tertiary/aromatic N) is 1. The van der Waals surface area contributed by atoms with E-state index in [0.29, 0.717) is 24.3 Å². The van der Waals surface area contributed by atoms with Crippen molar-refractivity contribution < 1.29 is 22.4 Å². The fourth-order valence-electron chi connectivity index (χ4n) is 4.07. The average Bonchev–Trinajstić information content (AvgIpc) is 3.37. The van der Waals surface area contributed by atoms with Gasteiger partial charge in [-0.15, -0.1) is 0 Å². The van der Waals surface area contributed by atoms with Crippen LogP contribution in [0.5, 0.6) is 0 Å². The normalized spacial score (nSPS) is 16.0. The summed E-state index contributed by atoms with van der Waals surface area (Å²) in [5.41, 5.74) is 2.40. The molecule has 0 fully saturated rings. The highest BCUT2D eigenvalue weighted by Gasteiger charge is 2.37. The Balaban J connectivity index is 1.58. The van der Waals surface area contributed by atoms with E-state index in [9.17, 15) is 18.0 Å². The lowest BCUT2D eigenvalue weighted by Gasteiger charge is -2.36. The third-order valence-electron chi connectivity index (χ3n) is 5.85. The highest BCUT2D eigenvalue weighted by Crippen LogP contribution is 2.36. The standard InChI is InChI=1S/C25H27N3O5S/c1-2-24(29)27-19-9-11-21(12-10-19)34(31,32)28-14-13-18-6-3-4-8-22(18)23(28)16-25(30)26-17-20-7-5-15-33-20/h3-12,15,23H,2,13-14,16-17H2,1H3,(H,26,30)(H,27,29). The molecule has 1 unspecified atom stereocenters. The Labute approximate surface area is 199 Å². The van der Waals surface area contributed by atoms with Crippen LogP contribution in [0.15, 0.2) is 76.2 Å². The number of hydrogen-bond donors (Lipinski definition) is 2. The molecule has 1 aromatic heterocycles. The molecule has 2 N–H and O–H groups in total. The van der Waals surface area contributed by atoms with Crippen molar-refractivity contribution >= 4 is 27.5 Å². The SMILES string of the molecule is CCC(=O)Nc1ccc(S(=O)(=O)N2CCc3ccccc3C2CC(=O)NCc2ccco2)cc1. The number of amides is 2. The zero-order valence-corrected chi connectivity index (χ0v) is 19.7. The van der Waals surface area contributed by atoms with E-state index in [-0.39, 0.29) is 36.2 Å². The van der Waals surface area contributed by atoms with Crippen molar-refractivity contribution in [2.24, 2.45) is 0 Å². The first-order valence-corrected chi connectivity index (χ1v) is 12.6. The van der Waals surface area contributed by atoms with E-state index in [4.69, 9.17) is 4.42 Å². The van der Waals surface area contributed by atoms with Crippen LogP contribution in [0.1, 0.15) is 42.7 Å². The van der Waals surface area contributed by atoms with Gasteiger partial charge in [0.15, 0.2) is 0 Å². The minimum Gasteiger partial charge on any atom is -0.467 e. The van der Waals surface area contributed by atoms with Crippen LogP contribution in [0.3, 0.4) is 0 Å². The summed E-state index contributed by atoms with van der Waals surface area (Å²) in [6.45, 7) is 2.25. The number of sulfonamides is 1. The molecule has 2 heterocycles. The van der Waals surface area contributed by atoms with E-state index < -0.39 is 16.1 Å². The highest BCUT2D eigenvalue weighted by molar-refractivity contribution is 7.89. The van der Waals surface area contributed by atoms with Gasteiger partial charge in [-0.3, -0.25) is 9.59 Å². The molecule has 2 aromatic carbocycles. The quantitative estimate of drug-likeness (QED) is 0.511. The molecule has 1 aliphatic heterocycles. The Morgan fingerprint density at radius 3 is 2.50 bits per heavy atom. The molecule has 0 aliphatic carbocycles. The predicted octanol–water partition coefficient (Wildman–Crippen LogP) is 3.62. The molecule has 0 saturated carbocycles. The second-order valence-corrected chi connectivity index (χ2v) is 9.96. The number of furan rings is 1. The van der Waals surface area contributed by atoms with Gasteiger partial charge in [0.2, 0.25) is 21.8 Å². The molecule has 8 nitrogen and oxygen atoms in total. The maximum atomic E-state index is 13.6. The van der Waals surface area contributed by atoms with Crippen molar-refractivity contribution in [2.45, 2.75) is 43.7 Å². The summed E-state index contributed by atoms with van der Waals surface area (Å²) in [6.07, 6.45) is 2.41. The molecular weight excluding hydrogens is 454 g/mol. The predicted molar refractivity (Wildman–Crippen MR) is 127 cm³/mol. The molecule has 0 bridgehead atoms. The monoisotopic (exact) mass is 481 g/mol. The molecule has 178 valence electrons. The fourth-order valence-corrected chi connectivity index (χ4v) is 5.68. The van der Waals surface area contributed by atoms with Gasteiger partial charge < -0.3 is 15.1 Å². The molecule has 4 rings (SSSR count). The number of hydrogen-bond acceptors (Lipinski definition) is 5. The number of rotatable bonds is 8. The van der Waals surface area contributed by atoms with Gasteiger partial charge in [-0.2, -0.15) is 4.31 Å². The molecule has 9 heteroatoms. The summed E-state index contributed by atoms with van der Waals surface area (Å²) in [5, 5.41) is 5.53. The molecule has 1 aliphatic rings. The smallest absolute Gasteiger partial charge is 0.243 e. The van der Waals surface area contributed by atoms with Crippen molar-refractivity contribution in [2.75, 3.05) is 11.9 Å². The van der Waals surface area contributed by atoms with E-state index in [1.54, 1.807) is 31.2 Å². The van der Waals surface area contributed by atoms with Crippen molar-refractivity contribution in [3.8, 4) is 0 Å².